The third kappa shape index (κ3) is 7.79. The third-order valence-corrected chi connectivity index (χ3v) is 5.56. The molecule has 0 spiro atoms. The van der Waals surface area contributed by atoms with E-state index in [4.69, 9.17) is 9.57 Å². The van der Waals surface area contributed by atoms with Gasteiger partial charge in [-0.15, -0.1) is 0 Å². The monoisotopic (exact) mass is 432 g/mol. The fourth-order valence-corrected chi connectivity index (χ4v) is 3.83. The molecule has 2 aliphatic heterocycles. The predicted octanol–water partition coefficient (Wildman–Crippen LogP) is 2.34. The molecule has 0 aliphatic carbocycles. The van der Waals surface area contributed by atoms with Crippen molar-refractivity contribution in [2.24, 2.45) is 0 Å². The lowest BCUT2D eigenvalue weighted by Gasteiger charge is -2.35. The normalized spacial score (nSPS) is 22.7. The number of likely N-dealkylation sites (tertiary alicyclic amines) is 1. The minimum atomic E-state index is -0.492. The van der Waals surface area contributed by atoms with Crippen LogP contribution in [0.3, 0.4) is 0 Å². The Bertz CT molecular complexity index is 706. The molecule has 1 aromatic carbocycles. The van der Waals surface area contributed by atoms with Crippen LogP contribution in [0.5, 0.6) is 0 Å². The molecular weight excluding hydrogens is 396 g/mol. The van der Waals surface area contributed by atoms with E-state index in [0.717, 1.165) is 31.2 Å². The zero-order valence-electron chi connectivity index (χ0n) is 18.9. The first-order valence-corrected chi connectivity index (χ1v) is 11.2. The Hall–Kier alpha value is -2.16. The number of hydrogen-bond acceptors (Lipinski definition) is 6. The van der Waals surface area contributed by atoms with Crippen LogP contribution in [-0.2, 0) is 21.0 Å². The number of nitrogens with zero attached hydrogens (tertiary/aromatic N) is 1. The van der Waals surface area contributed by atoms with Crippen molar-refractivity contribution in [1.82, 2.24) is 21.0 Å². The zero-order valence-corrected chi connectivity index (χ0v) is 18.9. The standard InChI is InChI=1S/C23H36N4O4/c1-23(2,3)31-22(29)27-13-11-18(12-14-27)25-21(28)20-10-9-19(15-24-20)26-30-16-17-7-5-4-6-8-17/h4-8,18-20,24,26H,9-16H2,1-3H3,(H,25,28). The second-order valence-corrected chi connectivity index (χ2v) is 9.38. The van der Waals surface area contributed by atoms with Gasteiger partial charge >= 0.3 is 6.09 Å². The molecule has 3 rings (SSSR count). The number of carbonyl (C=O) groups excluding carboxylic acids is 2. The van der Waals surface area contributed by atoms with Crippen LogP contribution in [-0.4, -0.2) is 60.3 Å². The summed E-state index contributed by atoms with van der Waals surface area (Å²) in [5.74, 6) is 0.0411. The Labute approximate surface area is 185 Å². The van der Waals surface area contributed by atoms with Crippen LogP contribution in [0.15, 0.2) is 30.3 Å². The van der Waals surface area contributed by atoms with Crippen molar-refractivity contribution in [1.29, 1.82) is 0 Å². The number of hydroxylamine groups is 1. The Morgan fingerprint density at radius 2 is 1.77 bits per heavy atom. The number of hydrogen-bond donors (Lipinski definition) is 3. The van der Waals surface area contributed by atoms with Crippen molar-refractivity contribution in [3.63, 3.8) is 0 Å². The summed E-state index contributed by atoms with van der Waals surface area (Å²) in [6.07, 6.45) is 2.84. The molecule has 2 heterocycles. The first-order chi connectivity index (χ1) is 14.8. The van der Waals surface area contributed by atoms with E-state index < -0.39 is 5.60 Å². The van der Waals surface area contributed by atoms with Crippen LogP contribution >= 0.6 is 0 Å². The van der Waals surface area contributed by atoms with Gasteiger partial charge in [0.15, 0.2) is 0 Å². The van der Waals surface area contributed by atoms with Crippen LogP contribution < -0.4 is 16.1 Å². The third-order valence-electron chi connectivity index (χ3n) is 5.56. The summed E-state index contributed by atoms with van der Waals surface area (Å²) in [6, 6.07) is 10.1. The van der Waals surface area contributed by atoms with E-state index in [-0.39, 0.29) is 30.1 Å². The maximum absolute atomic E-state index is 12.6. The zero-order chi connectivity index (χ0) is 22.3. The van der Waals surface area contributed by atoms with Crippen LogP contribution in [0, 0.1) is 0 Å². The molecule has 0 bridgehead atoms. The fourth-order valence-electron chi connectivity index (χ4n) is 3.83. The number of carbonyl (C=O) groups is 2. The van der Waals surface area contributed by atoms with Gasteiger partial charge in [-0.2, -0.15) is 5.48 Å². The number of rotatable bonds is 6. The molecule has 1 aromatic rings. The smallest absolute Gasteiger partial charge is 0.410 e. The molecule has 2 saturated heterocycles. The molecule has 31 heavy (non-hydrogen) atoms. The van der Waals surface area contributed by atoms with Gasteiger partial charge in [0, 0.05) is 31.7 Å². The summed E-state index contributed by atoms with van der Waals surface area (Å²) in [5, 5.41) is 6.46. The lowest BCUT2D eigenvalue weighted by molar-refractivity contribution is -0.125. The molecular formula is C23H36N4O4. The summed E-state index contributed by atoms with van der Waals surface area (Å²) in [4.78, 5) is 32.1. The minimum absolute atomic E-state index is 0.0411. The Morgan fingerprint density at radius 3 is 2.39 bits per heavy atom. The van der Waals surface area contributed by atoms with Gasteiger partial charge in [-0.1, -0.05) is 30.3 Å². The number of amides is 2. The predicted molar refractivity (Wildman–Crippen MR) is 118 cm³/mol. The average molecular weight is 433 g/mol. The highest BCUT2D eigenvalue weighted by atomic mass is 16.6. The van der Waals surface area contributed by atoms with Gasteiger partial charge in [-0.3, -0.25) is 9.63 Å². The van der Waals surface area contributed by atoms with Gasteiger partial charge in [-0.05, 0) is 52.0 Å². The second kappa shape index (κ2) is 10.9. The fraction of sp³-hybridized carbons (Fsp3) is 0.652. The summed E-state index contributed by atoms with van der Waals surface area (Å²) < 4.78 is 5.43. The summed E-state index contributed by atoms with van der Waals surface area (Å²) in [6.45, 7) is 8.00. The molecule has 0 radical (unpaired) electrons. The molecule has 2 amide bonds. The van der Waals surface area contributed by atoms with Crippen LogP contribution in [0.2, 0.25) is 0 Å². The minimum Gasteiger partial charge on any atom is -0.444 e. The number of piperidine rings is 2. The van der Waals surface area contributed by atoms with Gasteiger partial charge in [0.05, 0.1) is 12.6 Å². The SMILES string of the molecule is CC(C)(C)OC(=O)N1CCC(NC(=O)C2CCC(NOCc3ccccc3)CN2)CC1. The van der Waals surface area contributed by atoms with Gasteiger partial charge in [0.2, 0.25) is 5.91 Å². The van der Waals surface area contributed by atoms with E-state index in [1.807, 2.05) is 51.1 Å². The van der Waals surface area contributed by atoms with E-state index in [1.54, 1.807) is 4.90 Å². The molecule has 2 unspecified atom stereocenters. The van der Waals surface area contributed by atoms with Gasteiger partial charge in [0.25, 0.3) is 0 Å². The average Bonchev–Trinajstić information content (AvgIpc) is 2.74. The van der Waals surface area contributed by atoms with E-state index >= 15 is 0 Å². The molecule has 2 fully saturated rings. The van der Waals surface area contributed by atoms with E-state index in [0.29, 0.717) is 26.2 Å². The highest BCUT2D eigenvalue weighted by molar-refractivity contribution is 5.82. The van der Waals surface area contributed by atoms with Crippen molar-refractivity contribution in [3.05, 3.63) is 35.9 Å². The number of ether oxygens (including phenoxy) is 1. The Balaban J connectivity index is 1.31. The van der Waals surface area contributed by atoms with Gasteiger partial charge < -0.3 is 20.3 Å². The Kier molecular flexibility index (Phi) is 8.28. The summed E-state index contributed by atoms with van der Waals surface area (Å²) in [5.41, 5.74) is 3.73. The molecule has 8 nitrogen and oxygen atoms in total. The van der Waals surface area contributed by atoms with Gasteiger partial charge in [0.1, 0.15) is 5.60 Å². The molecule has 0 aromatic heterocycles. The quantitative estimate of drug-likeness (QED) is 0.598. The largest absolute Gasteiger partial charge is 0.444 e. The topological polar surface area (TPSA) is 91.9 Å². The molecule has 2 aliphatic rings. The van der Waals surface area contributed by atoms with Crippen LogP contribution in [0.25, 0.3) is 0 Å². The maximum atomic E-state index is 12.6. The lowest BCUT2D eigenvalue weighted by Crippen LogP contribution is -2.56. The number of nitrogens with one attached hydrogen (secondary N) is 3. The highest BCUT2D eigenvalue weighted by Gasteiger charge is 2.30. The maximum Gasteiger partial charge on any atom is 0.410 e. The van der Waals surface area contributed by atoms with Crippen molar-refractivity contribution in [2.75, 3.05) is 19.6 Å². The molecule has 0 saturated carbocycles. The highest BCUT2D eigenvalue weighted by Crippen LogP contribution is 2.16. The van der Waals surface area contributed by atoms with Crippen molar-refractivity contribution in [3.8, 4) is 0 Å². The first kappa shape index (κ1) is 23.5. The van der Waals surface area contributed by atoms with Crippen LogP contribution in [0.1, 0.15) is 52.0 Å². The van der Waals surface area contributed by atoms with Gasteiger partial charge in [-0.25, -0.2) is 4.79 Å². The molecule has 172 valence electrons. The van der Waals surface area contributed by atoms with Crippen molar-refractivity contribution < 1.29 is 19.2 Å². The second-order valence-electron chi connectivity index (χ2n) is 9.38. The summed E-state index contributed by atoms with van der Waals surface area (Å²) >= 11 is 0. The van der Waals surface area contributed by atoms with Crippen LogP contribution in [0.4, 0.5) is 4.79 Å². The van der Waals surface area contributed by atoms with E-state index in [1.165, 1.54) is 0 Å². The van der Waals surface area contributed by atoms with Crippen molar-refractivity contribution >= 4 is 12.0 Å². The summed E-state index contributed by atoms with van der Waals surface area (Å²) in [7, 11) is 0. The number of benzene rings is 1. The van der Waals surface area contributed by atoms with E-state index in [9.17, 15) is 9.59 Å². The molecule has 3 N–H and O–H groups in total. The molecule has 8 heteroatoms. The van der Waals surface area contributed by atoms with Crippen molar-refractivity contribution in [2.45, 2.75) is 76.8 Å². The van der Waals surface area contributed by atoms with E-state index in [2.05, 4.69) is 16.1 Å². The molecule has 2 atom stereocenters. The lowest BCUT2D eigenvalue weighted by atomic mass is 9.99. The Morgan fingerprint density at radius 1 is 1.06 bits per heavy atom. The first-order valence-electron chi connectivity index (χ1n) is 11.2.